The van der Waals surface area contributed by atoms with Gasteiger partial charge in [0.1, 0.15) is 11.5 Å². The standard InChI is InChI=1S/C44H42N5/c1-43(2,3)31-25-26-45-42(27-31)49-38-20-11-10-19-36(38)37-24-23-35(29-41(37)49)48(32-15-8-7-9-16-32)34-18-14-17-33(28-34)46-30-47(44(4,5)6)40-22-13-12-21-39(40)46/h7-30H,1-6H3/q+1. The van der Waals surface area contributed by atoms with Crippen molar-refractivity contribution in [2.24, 2.45) is 0 Å². The van der Waals surface area contributed by atoms with Gasteiger partial charge in [-0.1, -0.05) is 63.2 Å². The van der Waals surface area contributed by atoms with Crippen LogP contribution in [0.1, 0.15) is 47.1 Å². The number of benzene rings is 5. The Morgan fingerprint density at radius 3 is 1.96 bits per heavy atom. The Balaban J connectivity index is 1.34. The second kappa shape index (κ2) is 11.5. The van der Waals surface area contributed by atoms with Gasteiger partial charge in [0.05, 0.1) is 22.3 Å². The summed E-state index contributed by atoms with van der Waals surface area (Å²) in [5.74, 6) is 0.927. The number of hydrogen-bond donors (Lipinski definition) is 0. The minimum absolute atomic E-state index is 0.00787. The third kappa shape index (κ3) is 5.36. The van der Waals surface area contributed by atoms with Crippen LogP contribution in [0, 0.1) is 0 Å². The summed E-state index contributed by atoms with van der Waals surface area (Å²) < 4.78 is 6.99. The van der Waals surface area contributed by atoms with Crippen molar-refractivity contribution in [3.05, 3.63) is 152 Å². The van der Waals surface area contributed by atoms with Gasteiger partial charge in [0.2, 0.25) is 0 Å². The SMILES string of the molecule is CC(C)(C)c1ccnc(-n2c3ccccc3c3ccc(N(c4ccccc4)c4cccc(-n5[cH+]n(C(C)(C)C)c6ccccc65)c4)cc32)c1. The predicted molar refractivity (Wildman–Crippen MR) is 206 cm³/mol. The average molecular weight is 641 g/mol. The third-order valence-corrected chi connectivity index (χ3v) is 9.49. The molecule has 5 aromatic carbocycles. The predicted octanol–water partition coefficient (Wildman–Crippen LogP) is 11.7. The topological polar surface area (TPSA) is 30.9 Å². The molecular formula is C44H42N5+. The first kappa shape index (κ1) is 30.6. The molecular weight excluding hydrogens is 599 g/mol. The lowest BCUT2D eigenvalue weighted by Crippen LogP contribution is -2.20. The van der Waals surface area contributed by atoms with Gasteiger partial charge >= 0.3 is 0 Å². The molecule has 0 aliphatic carbocycles. The van der Waals surface area contributed by atoms with Crippen molar-refractivity contribution in [3.63, 3.8) is 0 Å². The minimum Gasteiger partial charge on any atom is -0.309 e. The smallest absolute Gasteiger partial charge is 0.191 e. The zero-order chi connectivity index (χ0) is 33.9. The third-order valence-electron chi connectivity index (χ3n) is 9.49. The summed E-state index contributed by atoms with van der Waals surface area (Å²) in [5.41, 5.74) is 10.2. The molecule has 5 heteroatoms. The number of nitrogens with zero attached hydrogens (tertiary/aromatic N) is 5. The highest BCUT2D eigenvalue weighted by Gasteiger charge is 2.25. The molecule has 0 spiro atoms. The van der Waals surface area contributed by atoms with E-state index in [2.05, 4.69) is 200 Å². The highest BCUT2D eigenvalue weighted by atomic mass is 15.2. The Bertz CT molecular complexity index is 2470. The molecule has 0 atom stereocenters. The van der Waals surface area contributed by atoms with Crippen LogP contribution in [0.3, 0.4) is 0 Å². The zero-order valence-electron chi connectivity index (χ0n) is 29.1. The normalized spacial score (nSPS) is 12.3. The largest absolute Gasteiger partial charge is 0.309 e. The number of rotatable bonds is 5. The summed E-state index contributed by atoms with van der Waals surface area (Å²) in [4.78, 5) is 7.27. The first-order valence-corrected chi connectivity index (χ1v) is 17.1. The maximum atomic E-state index is 4.92. The fourth-order valence-electron chi connectivity index (χ4n) is 7.01. The van der Waals surface area contributed by atoms with Crippen LogP contribution < -0.4 is 4.90 Å². The first-order valence-electron chi connectivity index (χ1n) is 17.1. The summed E-state index contributed by atoms with van der Waals surface area (Å²) in [6.45, 7) is 13.5. The summed E-state index contributed by atoms with van der Waals surface area (Å²) in [6, 6.07) is 48.0. The maximum Gasteiger partial charge on any atom is 0.191 e. The van der Waals surface area contributed by atoms with Crippen molar-refractivity contribution in [1.29, 1.82) is 0 Å². The van der Waals surface area contributed by atoms with Crippen LogP contribution in [0.2, 0.25) is 0 Å². The van der Waals surface area contributed by atoms with E-state index in [4.69, 9.17) is 4.98 Å². The molecule has 0 N–H and O–H groups in total. The van der Waals surface area contributed by atoms with E-state index < -0.39 is 0 Å². The first-order chi connectivity index (χ1) is 23.6. The molecule has 0 aliphatic rings. The zero-order valence-corrected chi connectivity index (χ0v) is 29.1. The minimum atomic E-state index is -0.0618. The van der Waals surface area contributed by atoms with Crippen LogP contribution in [-0.4, -0.2) is 18.7 Å². The average Bonchev–Trinajstić information content (AvgIpc) is 3.65. The van der Waals surface area contributed by atoms with Gasteiger partial charge in [0, 0.05) is 52.6 Å². The number of anilines is 3. The van der Waals surface area contributed by atoms with Gasteiger partial charge in [-0.05, 0) is 98.5 Å². The monoisotopic (exact) mass is 640 g/mol. The Labute approximate surface area is 288 Å². The molecule has 0 fully saturated rings. The Kier molecular flexibility index (Phi) is 7.18. The molecule has 0 bridgehead atoms. The number of hydrogen-bond acceptors (Lipinski definition) is 2. The van der Waals surface area contributed by atoms with Gasteiger partial charge < -0.3 is 4.90 Å². The van der Waals surface area contributed by atoms with E-state index in [1.807, 2.05) is 6.20 Å². The van der Waals surface area contributed by atoms with Crippen molar-refractivity contribution < 1.29 is 0 Å². The summed E-state index contributed by atoms with van der Waals surface area (Å²) in [6.07, 6.45) is 4.18. The van der Waals surface area contributed by atoms with E-state index in [-0.39, 0.29) is 11.0 Å². The Morgan fingerprint density at radius 2 is 1.20 bits per heavy atom. The lowest BCUT2D eigenvalue weighted by Gasteiger charge is -2.25. The molecule has 0 amide bonds. The summed E-state index contributed by atoms with van der Waals surface area (Å²) in [5, 5.41) is 2.42. The van der Waals surface area contributed by atoms with Crippen molar-refractivity contribution in [3.8, 4) is 11.5 Å². The van der Waals surface area contributed by atoms with Gasteiger partial charge in [-0.25, -0.2) is 9.55 Å². The van der Waals surface area contributed by atoms with E-state index in [0.29, 0.717) is 0 Å². The van der Waals surface area contributed by atoms with Crippen molar-refractivity contribution in [1.82, 2.24) is 18.7 Å². The quantitative estimate of drug-likeness (QED) is 0.175. The number of aromatic nitrogens is 4. The van der Waals surface area contributed by atoms with E-state index in [1.54, 1.807) is 0 Å². The van der Waals surface area contributed by atoms with E-state index in [0.717, 1.165) is 39.6 Å². The van der Waals surface area contributed by atoms with Crippen molar-refractivity contribution in [2.75, 3.05) is 4.90 Å². The molecule has 0 saturated heterocycles. The molecule has 8 rings (SSSR count). The fraction of sp³-hybridized carbons (Fsp3) is 0.182. The molecule has 0 saturated carbocycles. The van der Waals surface area contributed by atoms with Crippen LogP contribution in [0.5, 0.6) is 0 Å². The van der Waals surface area contributed by atoms with Crippen LogP contribution in [0.4, 0.5) is 17.1 Å². The second-order valence-corrected chi connectivity index (χ2v) is 14.9. The van der Waals surface area contributed by atoms with Crippen LogP contribution in [-0.2, 0) is 11.0 Å². The molecule has 49 heavy (non-hydrogen) atoms. The van der Waals surface area contributed by atoms with Crippen molar-refractivity contribution in [2.45, 2.75) is 52.5 Å². The van der Waals surface area contributed by atoms with E-state index in [9.17, 15) is 0 Å². The fourth-order valence-corrected chi connectivity index (χ4v) is 7.01. The van der Waals surface area contributed by atoms with Crippen LogP contribution in [0.15, 0.2) is 146 Å². The highest BCUT2D eigenvalue weighted by molar-refractivity contribution is 6.10. The number of para-hydroxylation sites is 4. The molecule has 3 heterocycles. The molecule has 3 aromatic heterocycles. The lowest BCUT2D eigenvalue weighted by atomic mass is 9.88. The van der Waals surface area contributed by atoms with Gasteiger partial charge in [0.15, 0.2) is 17.4 Å². The van der Waals surface area contributed by atoms with Crippen molar-refractivity contribution >= 4 is 49.9 Å². The van der Waals surface area contributed by atoms with E-state index in [1.165, 1.54) is 27.4 Å². The molecule has 0 unspecified atom stereocenters. The highest BCUT2D eigenvalue weighted by Crippen LogP contribution is 2.40. The Morgan fingerprint density at radius 1 is 0.551 bits per heavy atom. The van der Waals surface area contributed by atoms with Gasteiger partial charge in [0.25, 0.3) is 0 Å². The molecule has 0 radical (unpaired) electrons. The maximum absolute atomic E-state index is 4.92. The van der Waals surface area contributed by atoms with Gasteiger partial charge in [-0.2, -0.15) is 4.57 Å². The molecule has 8 aromatic rings. The summed E-state index contributed by atoms with van der Waals surface area (Å²) >= 11 is 0. The summed E-state index contributed by atoms with van der Waals surface area (Å²) in [7, 11) is 0. The Hall–Kier alpha value is -5.68. The number of fused-ring (bicyclic) bond motifs is 4. The van der Waals surface area contributed by atoms with Crippen LogP contribution in [0.25, 0.3) is 44.3 Å². The number of pyridine rings is 1. The van der Waals surface area contributed by atoms with Crippen LogP contribution >= 0.6 is 0 Å². The second-order valence-electron chi connectivity index (χ2n) is 14.9. The lowest BCUT2D eigenvalue weighted by molar-refractivity contribution is 0.406. The number of imidazole rings is 1. The molecule has 0 aliphatic heterocycles. The van der Waals surface area contributed by atoms with E-state index >= 15 is 0 Å². The van der Waals surface area contributed by atoms with Gasteiger partial charge in [-0.15, -0.1) is 0 Å². The van der Waals surface area contributed by atoms with Gasteiger partial charge in [-0.3, -0.25) is 4.57 Å². The molecule has 242 valence electrons. The molecule has 5 nitrogen and oxygen atoms in total.